The van der Waals surface area contributed by atoms with Gasteiger partial charge in [-0.05, 0) is 38.1 Å². The van der Waals surface area contributed by atoms with Crippen LogP contribution in [0.25, 0.3) is 0 Å². The van der Waals surface area contributed by atoms with Crippen LogP contribution in [0.5, 0.6) is 0 Å². The Bertz CT molecular complexity index is 758. The molecule has 0 heterocycles. The van der Waals surface area contributed by atoms with E-state index in [4.69, 9.17) is 10.3 Å². The SMILES string of the molecule is Cc1ccc(S(N)(=O)=O)cc1.Cc1ccc(S(N)(=O)=O)cc1.[SeH2]. The maximum atomic E-state index is 10.7. The molecular formula is C14H20N2O4S2Se. The second-order valence-electron chi connectivity index (χ2n) is 4.72. The van der Waals surface area contributed by atoms with Crippen molar-refractivity contribution in [2.75, 3.05) is 0 Å². The van der Waals surface area contributed by atoms with Crippen molar-refractivity contribution in [3.05, 3.63) is 59.7 Å². The van der Waals surface area contributed by atoms with Gasteiger partial charge in [0.1, 0.15) is 0 Å². The third-order valence-electron chi connectivity index (χ3n) is 2.70. The molecular weight excluding hydrogens is 403 g/mol. The third kappa shape index (κ3) is 7.74. The molecule has 0 aromatic heterocycles. The van der Waals surface area contributed by atoms with Gasteiger partial charge in [0, 0.05) is 0 Å². The average molecular weight is 423 g/mol. The first-order chi connectivity index (χ1) is 10.00. The summed E-state index contributed by atoms with van der Waals surface area (Å²) in [5.41, 5.74) is 2.02. The molecule has 0 fully saturated rings. The second kappa shape index (κ2) is 8.58. The van der Waals surface area contributed by atoms with E-state index in [0.717, 1.165) is 11.1 Å². The Kier molecular flexibility index (Phi) is 8.13. The number of hydrogen-bond acceptors (Lipinski definition) is 4. The summed E-state index contributed by atoms with van der Waals surface area (Å²) in [6, 6.07) is 12.8. The molecule has 0 amide bonds. The Morgan fingerprint density at radius 1 is 0.609 bits per heavy atom. The molecule has 2 rings (SSSR count). The molecule has 0 bridgehead atoms. The van der Waals surface area contributed by atoms with Crippen LogP contribution in [0.2, 0.25) is 0 Å². The molecule has 2 aromatic carbocycles. The summed E-state index contributed by atoms with van der Waals surface area (Å²) in [7, 11) is -7.04. The number of aryl methyl sites for hydroxylation is 2. The van der Waals surface area contributed by atoms with Crippen LogP contribution in [0.3, 0.4) is 0 Å². The Hall–Kier alpha value is -1.22. The Morgan fingerprint density at radius 3 is 1.00 bits per heavy atom. The summed E-state index contributed by atoms with van der Waals surface area (Å²) in [6.07, 6.45) is 0. The fourth-order valence-electron chi connectivity index (χ4n) is 1.46. The summed E-state index contributed by atoms with van der Waals surface area (Å²) in [5.74, 6) is 0. The van der Waals surface area contributed by atoms with Crippen molar-refractivity contribution in [1.29, 1.82) is 0 Å². The van der Waals surface area contributed by atoms with Crippen molar-refractivity contribution in [2.45, 2.75) is 23.6 Å². The summed E-state index contributed by atoms with van der Waals surface area (Å²) in [4.78, 5) is 0.311. The molecule has 23 heavy (non-hydrogen) atoms. The van der Waals surface area contributed by atoms with Crippen molar-refractivity contribution in [1.82, 2.24) is 0 Å². The predicted octanol–water partition coefficient (Wildman–Crippen LogP) is 0.369. The number of primary sulfonamides is 2. The summed E-state index contributed by atoms with van der Waals surface area (Å²) in [6.45, 7) is 3.76. The first-order valence-electron chi connectivity index (χ1n) is 6.19. The number of benzene rings is 2. The van der Waals surface area contributed by atoms with Gasteiger partial charge in [-0.2, -0.15) is 0 Å². The molecule has 0 unspecified atom stereocenters. The zero-order chi connectivity index (χ0) is 17.0. The zero-order valence-electron chi connectivity index (χ0n) is 12.7. The minimum atomic E-state index is -3.52. The van der Waals surface area contributed by atoms with E-state index >= 15 is 0 Å². The summed E-state index contributed by atoms with van der Waals surface area (Å²) < 4.78 is 42.9. The van der Waals surface area contributed by atoms with Crippen molar-refractivity contribution in [3.8, 4) is 0 Å². The third-order valence-corrected chi connectivity index (χ3v) is 4.56. The molecule has 2 aromatic rings. The van der Waals surface area contributed by atoms with Crippen LogP contribution in [0.15, 0.2) is 58.3 Å². The second-order valence-corrected chi connectivity index (χ2v) is 7.84. The fraction of sp³-hybridized carbons (Fsp3) is 0.143. The van der Waals surface area contributed by atoms with Crippen LogP contribution in [-0.2, 0) is 20.0 Å². The van der Waals surface area contributed by atoms with E-state index in [1.807, 2.05) is 13.8 Å². The van der Waals surface area contributed by atoms with Crippen LogP contribution < -0.4 is 10.3 Å². The van der Waals surface area contributed by atoms with Gasteiger partial charge in [0.2, 0.25) is 20.0 Å². The normalized spacial score (nSPS) is 11.0. The molecule has 0 aliphatic heterocycles. The molecule has 6 nitrogen and oxygen atoms in total. The fourth-order valence-corrected chi connectivity index (χ4v) is 2.49. The van der Waals surface area contributed by atoms with Crippen molar-refractivity contribution in [2.24, 2.45) is 10.3 Å². The van der Waals surface area contributed by atoms with Gasteiger partial charge in [-0.25, -0.2) is 27.1 Å². The van der Waals surface area contributed by atoms with Crippen LogP contribution in [0.1, 0.15) is 11.1 Å². The molecule has 0 radical (unpaired) electrons. The van der Waals surface area contributed by atoms with E-state index in [-0.39, 0.29) is 26.9 Å². The van der Waals surface area contributed by atoms with E-state index in [1.54, 1.807) is 24.3 Å². The number of hydrogen-bond donors (Lipinski definition) is 2. The topological polar surface area (TPSA) is 120 Å². The van der Waals surface area contributed by atoms with Crippen molar-refractivity contribution < 1.29 is 16.8 Å². The maximum absolute atomic E-state index is 10.7. The van der Waals surface area contributed by atoms with Gasteiger partial charge in [0.15, 0.2) is 0 Å². The molecule has 9 heteroatoms. The van der Waals surface area contributed by atoms with Gasteiger partial charge in [-0.1, -0.05) is 35.4 Å². The predicted molar refractivity (Wildman–Crippen MR) is 93.6 cm³/mol. The van der Waals surface area contributed by atoms with Crippen LogP contribution in [0, 0.1) is 13.8 Å². The monoisotopic (exact) mass is 424 g/mol. The number of rotatable bonds is 2. The van der Waals surface area contributed by atoms with Crippen molar-refractivity contribution >= 4 is 37.1 Å². The standard InChI is InChI=1S/2C7H9NO2S.H2Se/c2*1-6-2-4-7(5-3-6)11(8,9)10;/h2*2-5H,1H3,(H2,8,9,10);1H2. The summed E-state index contributed by atoms with van der Waals surface area (Å²) in [5, 5.41) is 9.76. The Balaban J connectivity index is 0.000000403. The van der Waals surface area contributed by atoms with E-state index in [2.05, 4.69) is 0 Å². The molecule has 128 valence electrons. The zero-order valence-corrected chi connectivity index (χ0v) is 16.5. The van der Waals surface area contributed by atoms with Crippen LogP contribution in [0.4, 0.5) is 0 Å². The quantitative estimate of drug-likeness (QED) is 0.678. The average Bonchev–Trinajstić information content (AvgIpc) is 2.38. The van der Waals surface area contributed by atoms with Crippen LogP contribution in [-0.4, -0.2) is 33.9 Å². The molecule has 0 aliphatic rings. The molecule has 0 saturated carbocycles. The molecule has 0 atom stereocenters. The Morgan fingerprint density at radius 2 is 0.826 bits per heavy atom. The first kappa shape index (κ1) is 21.8. The van der Waals surface area contributed by atoms with E-state index in [9.17, 15) is 16.8 Å². The van der Waals surface area contributed by atoms with Crippen molar-refractivity contribution in [3.63, 3.8) is 0 Å². The van der Waals surface area contributed by atoms with Gasteiger partial charge < -0.3 is 0 Å². The number of sulfonamides is 2. The van der Waals surface area contributed by atoms with Gasteiger partial charge in [-0.15, -0.1) is 0 Å². The van der Waals surface area contributed by atoms with E-state index in [1.165, 1.54) is 24.3 Å². The molecule has 0 saturated heterocycles. The van der Waals surface area contributed by atoms with E-state index < -0.39 is 20.0 Å². The minimum absolute atomic E-state index is 0. The summed E-state index contributed by atoms with van der Waals surface area (Å²) >= 11 is 0. The van der Waals surface area contributed by atoms with E-state index in [0.29, 0.717) is 0 Å². The van der Waals surface area contributed by atoms with Gasteiger partial charge in [0.05, 0.1) is 9.79 Å². The van der Waals surface area contributed by atoms with Gasteiger partial charge in [-0.3, -0.25) is 0 Å². The molecule has 0 spiro atoms. The van der Waals surface area contributed by atoms with Crippen LogP contribution >= 0.6 is 0 Å². The molecule has 0 aliphatic carbocycles. The Labute approximate surface area is 147 Å². The molecule has 4 N–H and O–H groups in total. The number of nitrogens with two attached hydrogens (primary N) is 2. The van der Waals surface area contributed by atoms with Gasteiger partial charge >= 0.3 is 17.1 Å². The van der Waals surface area contributed by atoms with Gasteiger partial charge in [0.25, 0.3) is 0 Å². The first-order valence-corrected chi connectivity index (χ1v) is 9.28.